The Bertz CT molecular complexity index is 1350. The topological polar surface area (TPSA) is 99.0 Å². The molecule has 3 fully saturated rings. The van der Waals surface area contributed by atoms with E-state index in [1.165, 1.54) is 12.1 Å². The number of anilines is 1. The molecule has 2 aromatic rings. The van der Waals surface area contributed by atoms with E-state index in [1.54, 1.807) is 24.1 Å². The Morgan fingerprint density at radius 3 is 2.64 bits per heavy atom. The molecule has 0 amide bonds. The lowest BCUT2D eigenvalue weighted by Crippen LogP contribution is -2.47. The number of hydrogen-bond donors (Lipinski definition) is 0. The van der Waals surface area contributed by atoms with Crippen molar-refractivity contribution < 1.29 is 24.1 Å². The molecule has 184 valence electrons. The van der Waals surface area contributed by atoms with Gasteiger partial charge in [0.2, 0.25) is 5.60 Å². The summed E-state index contributed by atoms with van der Waals surface area (Å²) in [5.74, 6) is -0.789. The summed E-state index contributed by atoms with van der Waals surface area (Å²) < 4.78 is 6.04. The number of non-ortho nitro benzene ring substituents is 1. The van der Waals surface area contributed by atoms with Crippen LogP contribution in [-0.4, -0.2) is 28.4 Å². The number of hydroxylamine groups is 1. The third kappa shape index (κ3) is 3.17. The first-order chi connectivity index (χ1) is 17.2. The Balaban J connectivity index is 1.44. The first kappa shape index (κ1) is 22.7. The van der Waals surface area contributed by atoms with Gasteiger partial charge >= 0.3 is 5.97 Å². The molecule has 0 unspecified atom stereocenters. The van der Waals surface area contributed by atoms with E-state index in [9.17, 15) is 19.7 Å². The predicted octanol–water partition coefficient (Wildman–Crippen LogP) is 5.01. The molecule has 2 aliphatic carbocycles. The summed E-state index contributed by atoms with van der Waals surface area (Å²) in [5, 5.41) is 13.2. The smallest absolute Gasteiger partial charge is 0.342 e. The molecular weight excluding hydrogens is 460 g/mol. The van der Waals surface area contributed by atoms with Crippen LogP contribution in [0.5, 0.6) is 0 Å². The van der Waals surface area contributed by atoms with Crippen LogP contribution in [0.1, 0.15) is 44.7 Å². The summed E-state index contributed by atoms with van der Waals surface area (Å²) in [5.41, 5.74) is 1.31. The molecule has 6 rings (SSSR count). The highest BCUT2D eigenvalue weighted by Gasteiger charge is 2.68. The van der Waals surface area contributed by atoms with Crippen LogP contribution in [0.4, 0.5) is 11.4 Å². The van der Waals surface area contributed by atoms with Crippen molar-refractivity contribution in [2.45, 2.75) is 50.9 Å². The number of nitrogens with zero attached hydrogens (tertiary/aromatic N) is 2. The van der Waals surface area contributed by atoms with E-state index in [0.29, 0.717) is 17.6 Å². The summed E-state index contributed by atoms with van der Waals surface area (Å²) in [6.07, 6.45) is 4.74. The van der Waals surface area contributed by atoms with Gasteiger partial charge < -0.3 is 4.74 Å². The molecule has 4 aliphatic rings. The molecule has 2 aliphatic heterocycles. The maximum atomic E-state index is 13.7. The molecule has 36 heavy (non-hydrogen) atoms. The van der Waals surface area contributed by atoms with E-state index in [2.05, 4.69) is 6.92 Å². The van der Waals surface area contributed by atoms with Crippen LogP contribution in [0, 0.1) is 21.4 Å². The molecule has 0 aromatic heterocycles. The van der Waals surface area contributed by atoms with Crippen molar-refractivity contribution in [3.05, 3.63) is 93.6 Å². The standard InChI is InChI=1S/C28H26N2O6/c1-17-23(31)12-14-27(2)13-11-21-25(24(17)27)35-26(32)28(21)16-22(18-7-6-10-20(15-18)30(33)34)29(36-28)19-8-4-3-5-9-19/h3-10,12,14-15,21-22,25H,11,13,16H2,1-2H3/t21-,22+,25+,27+,28+/m1/s1. The molecule has 1 saturated carbocycles. The van der Waals surface area contributed by atoms with Crippen LogP contribution in [0.15, 0.2) is 77.9 Å². The average Bonchev–Trinajstić information content (AvgIpc) is 3.41. The third-order valence-corrected chi connectivity index (χ3v) is 8.31. The zero-order chi connectivity index (χ0) is 25.2. The molecular formula is C28H26N2O6. The van der Waals surface area contributed by atoms with Crippen molar-refractivity contribution in [2.75, 3.05) is 5.06 Å². The summed E-state index contributed by atoms with van der Waals surface area (Å²) >= 11 is 0. The van der Waals surface area contributed by atoms with E-state index in [4.69, 9.17) is 9.57 Å². The second-order valence-electron chi connectivity index (χ2n) is 10.3. The second kappa shape index (κ2) is 7.86. The van der Waals surface area contributed by atoms with Gasteiger partial charge in [-0.05, 0) is 49.1 Å². The van der Waals surface area contributed by atoms with Gasteiger partial charge in [-0.1, -0.05) is 43.3 Å². The Kier molecular flexibility index (Phi) is 4.95. The van der Waals surface area contributed by atoms with E-state index < -0.39 is 28.6 Å². The lowest BCUT2D eigenvalue weighted by atomic mass is 9.60. The quantitative estimate of drug-likeness (QED) is 0.341. The van der Waals surface area contributed by atoms with E-state index in [0.717, 1.165) is 17.7 Å². The molecule has 0 radical (unpaired) electrons. The number of benzene rings is 2. The van der Waals surface area contributed by atoms with Crippen molar-refractivity contribution in [3.63, 3.8) is 0 Å². The van der Waals surface area contributed by atoms with Crippen LogP contribution < -0.4 is 5.06 Å². The van der Waals surface area contributed by atoms with Crippen molar-refractivity contribution in [2.24, 2.45) is 11.3 Å². The number of ketones is 1. The van der Waals surface area contributed by atoms with Gasteiger partial charge in [-0.25, -0.2) is 9.86 Å². The van der Waals surface area contributed by atoms with Crippen molar-refractivity contribution in [1.29, 1.82) is 0 Å². The van der Waals surface area contributed by atoms with E-state index in [-0.39, 0.29) is 29.2 Å². The molecule has 5 atom stereocenters. The molecule has 2 aromatic carbocycles. The highest BCUT2D eigenvalue weighted by atomic mass is 16.7. The van der Waals surface area contributed by atoms with Crippen LogP contribution in [0.25, 0.3) is 0 Å². The zero-order valence-electron chi connectivity index (χ0n) is 20.0. The highest BCUT2D eigenvalue weighted by molar-refractivity contribution is 6.06. The Labute approximate surface area is 208 Å². The summed E-state index contributed by atoms with van der Waals surface area (Å²) in [6, 6.07) is 15.4. The number of nitro benzene ring substituents is 1. The van der Waals surface area contributed by atoms with Gasteiger partial charge in [0.05, 0.1) is 16.7 Å². The number of nitro groups is 1. The SMILES string of the molecule is CC1=C2[C@H]3OC(=O)[C@]4(C[C@@H](c5cccc([N+](=O)[O-])c5)N(c5ccccc5)O4)[C@@H]3CC[C@@]2(C)C=CC1=O. The monoisotopic (exact) mass is 486 g/mol. The number of hydrogen-bond acceptors (Lipinski definition) is 7. The number of carbonyl (C=O) groups excluding carboxylic acids is 2. The number of allylic oxidation sites excluding steroid dienone is 3. The van der Waals surface area contributed by atoms with Gasteiger partial charge in [0, 0.05) is 35.5 Å². The minimum atomic E-state index is -1.26. The number of rotatable bonds is 3. The Morgan fingerprint density at radius 2 is 1.89 bits per heavy atom. The van der Waals surface area contributed by atoms with E-state index >= 15 is 0 Å². The van der Waals surface area contributed by atoms with Gasteiger partial charge in [0.1, 0.15) is 6.10 Å². The number of ether oxygens (including phenoxy) is 1. The van der Waals surface area contributed by atoms with E-state index in [1.807, 2.05) is 42.5 Å². The maximum Gasteiger partial charge on any atom is 0.342 e. The average molecular weight is 487 g/mol. The lowest BCUT2D eigenvalue weighted by molar-refractivity contribution is -0.384. The minimum absolute atomic E-state index is 0.0185. The van der Waals surface area contributed by atoms with Crippen LogP contribution in [-0.2, 0) is 19.2 Å². The number of para-hydroxylation sites is 1. The van der Waals surface area contributed by atoms with Crippen molar-refractivity contribution in [3.8, 4) is 0 Å². The Hall–Kier alpha value is -3.78. The zero-order valence-corrected chi connectivity index (χ0v) is 20.0. The number of fused-ring (bicyclic) bond motifs is 4. The normalized spacial score (nSPS) is 33.1. The fraction of sp³-hybridized carbons (Fsp3) is 0.357. The molecule has 0 bridgehead atoms. The third-order valence-electron chi connectivity index (χ3n) is 8.31. The van der Waals surface area contributed by atoms with Crippen LogP contribution in [0.3, 0.4) is 0 Å². The highest BCUT2D eigenvalue weighted by Crippen LogP contribution is 2.59. The summed E-state index contributed by atoms with van der Waals surface area (Å²) in [6.45, 7) is 3.89. The van der Waals surface area contributed by atoms with Gasteiger partial charge in [0.25, 0.3) is 5.69 Å². The molecule has 8 heteroatoms. The lowest BCUT2D eigenvalue weighted by Gasteiger charge is -2.44. The number of carbonyl (C=O) groups is 2. The first-order valence-corrected chi connectivity index (χ1v) is 12.2. The largest absolute Gasteiger partial charge is 0.455 e. The van der Waals surface area contributed by atoms with Gasteiger partial charge in [-0.3, -0.25) is 19.7 Å². The first-order valence-electron chi connectivity index (χ1n) is 12.2. The molecule has 2 saturated heterocycles. The van der Waals surface area contributed by atoms with Crippen molar-refractivity contribution >= 4 is 23.1 Å². The molecule has 1 spiro atoms. The number of esters is 1. The minimum Gasteiger partial charge on any atom is -0.455 e. The maximum absolute atomic E-state index is 13.7. The molecule has 0 N–H and O–H groups in total. The second-order valence-corrected chi connectivity index (χ2v) is 10.3. The summed E-state index contributed by atoms with van der Waals surface area (Å²) in [7, 11) is 0. The molecule has 8 nitrogen and oxygen atoms in total. The fourth-order valence-electron chi connectivity index (χ4n) is 6.48. The van der Waals surface area contributed by atoms with Gasteiger partial charge in [-0.15, -0.1) is 0 Å². The summed E-state index contributed by atoms with van der Waals surface area (Å²) in [4.78, 5) is 43.8. The van der Waals surface area contributed by atoms with Gasteiger partial charge in [-0.2, -0.15) is 0 Å². The Morgan fingerprint density at radius 1 is 1.11 bits per heavy atom. The van der Waals surface area contributed by atoms with Crippen LogP contribution in [0.2, 0.25) is 0 Å². The van der Waals surface area contributed by atoms with Crippen LogP contribution >= 0.6 is 0 Å². The predicted molar refractivity (Wildman–Crippen MR) is 131 cm³/mol. The molecule has 2 heterocycles. The fourth-order valence-corrected chi connectivity index (χ4v) is 6.48. The van der Waals surface area contributed by atoms with Crippen molar-refractivity contribution in [1.82, 2.24) is 0 Å². The van der Waals surface area contributed by atoms with Gasteiger partial charge in [0.15, 0.2) is 5.78 Å².